The maximum absolute atomic E-state index is 15.3. The number of nitrogen functional groups attached to an aromatic ring is 1. The molecule has 0 spiro atoms. The number of aryl methyl sites for hydroxylation is 1. The summed E-state index contributed by atoms with van der Waals surface area (Å²) in [5.41, 5.74) is 9.94. The number of aromatic nitrogens is 4. The van der Waals surface area contributed by atoms with Gasteiger partial charge in [0.25, 0.3) is 0 Å². The summed E-state index contributed by atoms with van der Waals surface area (Å²) in [6.45, 7) is 8.53. The van der Waals surface area contributed by atoms with Gasteiger partial charge in [-0.1, -0.05) is 0 Å². The fourth-order valence-electron chi connectivity index (χ4n) is 4.63. The van der Waals surface area contributed by atoms with Crippen molar-refractivity contribution in [1.82, 2.24) is 24.6 Å². The van der Waals surface area contributed by atoms with E-state index in [1.54, 1.807) is 36.3 Å². The van der Waals surface area contributed by atoms with Crippen molar-refractivity contribution in [2.75, 3.05) is 17.6 Å². The van der Waals surface area contributed by atoms with Crippen LogP contribution < -0.4 is 11.1 Å². The van der Waals surface area contributed by atoms with Gasteiger partial charge < -0.3 is 16.0 Å². The van der Waals surface area contributed by atoms with Gasteiger partial charge in [-0.15, -0.1) is 0 Å². The molecule has 4 heterocycles. The smallest absolute Gasteiger partial charge is 0.244 e. The largest absolute Gasteiger partial charge is 0.397 e. The van der Waals surface area contributed by atoms with Crippen LogP contribution in [-0.4, -0.2) is 43.1 Å². The molecule has 0 bridgehead atoms. The molecule has 0 aliphatic carbocycles. The minimum atomic E-state index is -0.312. The van der Waals surface area contributed by atoms with E-state index in [0.717, 1.165) is 28.5 Å². The predicted octanol–water partition coefficient (Wildman–Crippen LogP) is 4.37. The molecule has 9 heteroatoms. The van der Waals surface area contributed by atoms with E-state index in [-0.39, 0.29) is 24.3 Å². The van der Waals surface area contributed by atoms with Crippen LogP contribution in [0.15, 0.2) is 36.8 Å². The summed E-state index contributed by atoms with van der Waals surface area (Å²) >= 11 is 0. The topological polar surface area (TPSA) is 102 Å². The van der Waals surface area contributed by atoms with Crippen LogP contribution in [0.25, 0.3) is 21.9 Å². The maximum Gasteiger partial charge on any atom is 0.244 e. The first-order valence-corrected chi connectivity index (χ1v) is 11.7. The Morgan fingerprint density at radius 3 is 2.63 bits per heavy atom. The summed E-state index contributed by atoms with van der Waals surface area (Å²) in [6, 6.07) is 5.79. The molecule has 0 saturated heterocycles. The Kier molecular flexibility index (Phi) is 5.62. The minimum Gasteiger partial charge on any atom is -0.397 e. The molecular weight excluding hydrogens is 445 g/mol. The lowest BCUT2D eigenvalue weighted by Gasteiger charge is -2.24. The van der Waals surface area contributed by atoms with Crippen LogP contribution in [0.2, 0.25) is 0 Å². The van der Waals surface area contributed by atoms with Gasteiger partial charge in [0.2, 0.25) is 5.91 Å². The molecule has 1 aromatic carbocycles. The Morgan fingerprint density at radius 2 is 1.86 bits per heavy atom. The highest BCUT2D eigenvalue weighted by Gasteiger charge is 2.24. The zero-order valence-electron chi connectivity index (χ0n) is 20.3. The van der Waals surface area contributed by atoms with Gasteiger partial charge in [-0.05, 0) is 56.3 Å². The number of rotatable bonds is 4. The Balaban J connectivity index is 1.48. The number of benzene rings is 1. The van der Waals surface area contributed by atoms with Crippen molar-refractivity contribution in [2.24, 2.45) is 0 Å². The predicted molar refractivity (Wildman–Crippen MR) is 135 cm³/mol. The Bertz CT molecular complexity index is 1460. The highest BCUT2D eigenvalue weighted by Crippen LogP contribution is 2.34. The molecule has 0 saturated carbocycles. The highest BCUT2D eigenvalue weighted by atomic mass is 19.1. The summed E-state index contributed by atoms with van der Waals surface area (Å²) < 4.78 is 17.0. The molecule has 0 atom stereocenters. The van der Waals surface area contributed by atoms with Crippen molar-refractivity contribution in [3.63, 3.8) is 0 Å². The number of carbonyl (C=O) groups excluding carboxylic acids is 1. The number of nitrogens with two attached hydrogens (primary N) is 1. The number of carbonyl (C=O) groups is 1. The van der Waals surface area contributed by atoms with Gasteiger partial charge in [0.05, 0.1) is 11.9 Å². The van der Waals surface area contributed by atoms with E-state index in [9.17, 15) is 4.79 Å². The van der Waals surface area contributed by atoms with Crippen LogP contribution >= 0.6 is 0 Å². The van der Waals surface area contributed by atoms with Crippen LogP contribution in [0.3, 0.4) is 0 Å². The van der Waals surface area contributed by atoms with Crippen molar-refractivity contribution in [3.8, 4) is 11.1 Å². The molecule has 0 unspecified atom stereocenters. The van der Waals surface area contributed by atoms with E-state index in [1.807, 2.05) is 37.8 Å². The molecule has 1 amide bonds. The Morgan fingerprint density at radius 1 is 1.06 bits per heavy atom. The van der Waals surface area contributed by atoms with Gasteiger partial charge >= 0.3 is 0 Å². The van der Waals surface area contributed by atoms with Gasteiger partial charge in [0.15, 0.2) is 5.82 Å². The van der Waals surface area contributed by atoms with Crippen LogP contribution in [0.1, 0.15) is 30.7 Å². The van der Waals surface area contributed by atoms with Gasteiger partial charge in [-0.25, -0.2) is 9.37 Å². The molecule has 0 radical (unpaired) electrons. The van der Waals surface area contributed by atoms with Gasteiger partial charge in [-0.3, -0.25) is 14.5 Å². The lowest BCUT2D eigenvalue weighted by atomic mass is 9.95. The first-order chi connectivity index (χ1) is 16.7. The van der Waals surface area contributed by atoms with Crippen LogP contribution in [0.4, 0.5) is 21.7 Å². The normalized spacial score (nSPS) is 13.9. The third kappa shape index (κ3) is 4.07. The van der Waals surface area contributed by atoms with Crippen molar-refractivity contribution < 1.29 is 9.18 Å². The minimum absolute atomic E-state index is 0.0635. The number of amides is 1. The van der Waals surface area contributed by atoms with Crippen LogP contribution in [-0.2, 0) is 17.8 Å². The molecule has 5 rings (SSSR count). The summed E-state index contributed by atoms with van der Waals surface area (Å²) in [5.74, 6) is 0.954. The molecule has 3 N–H and O–H groups in total. The summed E-state index contributed by atoms with van der Waals surface area (Å²) in [5, 5.41) is 9.39. The zero-order chi connectivity index (χ0) is 24.9. The maximum atomic E-state index is 15.3. The molecule has 180 valence electrons. The number of fused-ring (bicyclic) bond motifs is 2. The third-order valence-electron chi connectivity index (χ3n) is 6.71. The number of halogens is 1. The lowest BCUT2D eigenvalue weighted by Crippen LogP contribution is -2.38. The lowest BCUT2D eigenvalue weighted by molar-refractivity contribution is -0.133. The van der Waals surface area contributed by atoms with Crippen molar-refractivity contribution in [2.45, 2.75) is 46.7 Å². The quantitative estimate of drug-likeness (QED) is 0.456. The van der Waals surface area contributed by atoms with Crippen LogP contribution in [0.5, 0.6) is 0 Å². The SMILES string of the molecule is Cc1c(N)cncc1-c1cc2cc(Nc3cc4n(n3)CC(=O)N(C(C)C)CC4)ncc2c(C)c1F. The fourth-order valence-corrected chi connectivity index (χ4v) is 4.63. The molecule has 1 aliphatic heterocycles. The van der Waals surface area contributed by atoms with E-state index >= 15 is 4.39 Å². The summed E-state index contributed by atoms with van der Waals surface area (Å²) in [4.78, 5) is 23.1. The second kappa shape index (κ2) is 8.65. The molecular formula is C26H28FN7O. The fraction of sp³-hybridized carbons (Fsp3) is 0.308. The second-order valence-electron chi connectivity index (χ2n) is 9.29. The summed E-state index contributed by atoms with van der Waals surface area (Å²) in [7, 11) is 0. The molecule has 35 heavy (non-hydrogen) atoms. The molecule has 8 nitrogen and oxygen atoms in total. The van der Waals surface area contributed by atoms with Crippen molar-refractivity contribution in [1.29, 1.82) is 0 Å². The molecule has 3 aromatic heterocycles. The van der Waals surface area contributed by atoms with E-state index in [2.05, 4.69) is 20.4 Å². The highest BCUT2D eigenvalue weighted by molar-refractivity contribution is 5.92. The number of nitrogens with one attached hydrogen (secondary N) is 1. The van der Waals surface area contributed by atoms with E-state index in [4.69, 9.17) is 5.73 Å². The first kappa shape index (κ1) is 22.8. The average Bonchev–Trinajstić information content (AvgIpc) is 3.11. The number of pyridine rings is 2. The average molecular weight is 474 g/mol. The van der Waals surface area contributed by atoms with Gasteiger partial charge in [-0.2, -0.15) is 5.10 Å². The molecule has 4 aromatic rings. The summed E-state index contributed by atoms with van der Waals surface area (Å²) in [6.07, 6.45) is 5.60. The monoisotopic (exact) mass is 473 g/mol. The number of nitrogens with zero attached hydrogens (tertiary/aromatic N) is 5. The van der Waals surface area contributed by atoms with Gasteiger partial charge in [0.1, 0.15) is 18.2 Å². The molecule has 0 fully saturated rings. The van der Waals surface area contributed by atoms with Crippen molar-refractivity contribution >= 4 is 34.0 Å². The van der Waals surface area contributed by atoms with E-state index < -0.39 is 0 Å². The number of hydrogen-bond acceptors (Lipinski definition) is 6. The number of anilines is 3. The van der Waals surface area contributed by atoms with Crippen LogP contribution in [0, 0.1) is 19.7 Å². The third-order valence-corrected chi connectivity index (χ3v) is 6.71. The van der Waals surface area contributed by atoms with Crippen molar-refractivity contribution in [3.05, 3.63) is 59.4 Å². The Hall–Kier alpha value is -4.01. The van der Waals surface area contributed by atoms with Gasteiger partial charge in [0, 0.05) is 59.7 Å². The number of hydrogen-bond donors (Lipinski definition) is 2. The molecule has 1 aliphatic rings. The van der Waals surface area contributed by atoms with E-state index in [1.165, 1.54) is 0 Å². The standard InChI is InChI=1S/C26H28FN7O/c1-14(2)33-6-5-18-9-24(32-34(18)13-25(33)35)31-23-8-17-7-19(21-10-29-12-22(28)15(21)3)26(27)16(4)20(17)11-30-23/h7-12,14H,5-6,13,28H2,1-4H3,(H,30,31,32). The first-order valence-electron chi connectivity index (χ1n) is 11.7. The zero-order valence-corrected chi connectivity index (χ0v) is 20.3. The Labute approximate surface area is 203 Å². The van der Waals surface area contributed by atoms with E-state index in [0.29, 0.717) is 40.6 Å². The second-order valence-corrected chi connectivity index (χ2v) is 9.29.